The summed E-state index contributed by atoms with van der Waals surface area (Å²) in [5.41, 5.74) is 0.892. The Labute approximate surface area is 108 Å². The van der Waals surface area contributed by atoms with E-state index in [9.17, 15) is 4.79 Å². The number of carbonyl (C=O) groups is 1. The first-order valence-electron chi connectivity index (χ1n) is 5.32. The van der Waals surface area contributed by atoms with Gasteiger partial charge in [-0.25, -0.2) is 9.79 Å². The van der Waals surface area contributed by atoms with Gasteiger partial charge in [-0.2, -0.15) is 0 Å². The molecule has 1 aromatic carbocycles. The third-order valence-electron chi connectivity index (χ3n) is 2.46. The predicted octanol–water partition coefficient (Wildman–Crippen LogP) is 2.48. The summed E-state index contributed by atoms with van der Waals surface area (Å²) in [5.74, 6) is -0.359. The van der Waals surface area contributed by atoms with Crippen LogP contribution in [0.1, 0.15) is 18.6 Å². The van der Waals surface area contributed by atoms with Gasteiger partial charge in [0.05, 0.1) is 6.61 Å². The van der Waals surface area contributed by atoms with E-state index in [2.05, 4.69) is 20.9 Å². The molecular formula is C12H12BrNO3. The molecule has 0 saturated carbocycles. The lowest BCUT2D eigenvalue weighted by atomic mass is 10.0. The lowest BCUT2D eigenvalue weighted by molar-refractivity contribution is -0.146. The van der Waals surface area contributed by atoms with Gasteiger partial charge < -0.3 is 9.47 Å². The van der Waals surface area contributed by atoms with Gasteiger partial charge in [-0.3, -0.25) is 0 Å². The Bertz CT molecular complexity index is 447. The predicted molar refractivity (Wildman–Crippen MR) is 66.9 cm³/mol. The highest BCUT2D eigenvalue weighted by Crippen LogP contribution is 2.32. The SMILES string of the molecule is CCOC(=O)C1N=COC1c1ccccc1Br. The molecule has 1 aliphatic heterocycles. The molecule has 17 heavy (non-hydrogen) atoms. The van der Waals surface area contributed by atoms with E-state index in [1.807, 2.05) is 24.3 Å². The molecule has 0 aliphatic carbocycles. The fourth-order valence-corrected chi connectivity index (χ4v) is 2.19. The number of ether oxygens (including phenoxy) is 2. The van der Waals surface area contributed by atoms with Crippen molar-refractivity contribution in [1.82, 2.24) is 0 Å². The van der Waals surface area contributed by atoms with Gasteiger partial charge in [0.15, 0.2) is 18.5 Å². The van der Waals surface area contributed by atoms with Crippen molar-refractivity contribution >= 4 is 28.3 Å². The van der Waals surface area contributed by atoms with Crippen LogP contribution >= 0.6 is 15.9 Å². The highest BCUT2D eigenvalue weighted by Gasteiger charge is 2.36. The van der Waals surface area contributed by atoms with Crippen molar-refractivity contribution in [3.05, 3.63) is 34.3 Å². The molecule has 0 spiro atoms. The van der Waals surface area contributed by atoms with Gasteiger partial charge in [-0.15, -0.1) is 0 Å². The van der Waals surface area contributed by atoms with E-state index in [1.165, 1.54) is 6.40 Å². The van der Waals surface area contributed by atoms with Gasteiger partial charge in [0.25, 0.3) is 0 Å². The quantitative estimate of drug-likeness (QED) is 0.805. The fraction of sp³-hybridized carbons (Fsp3) is 0.333. The van der Waals surface area contributed by atoms with Crippen molar-refractivity contribution in [3.63, 3.8) is 0 Å². The van der Waals surface area contributed by atoms with Crippen LogP contribution in [0.2, 0.25) is 0 Å². The summed E-state index contributed by atoms with van der Waals surface area (Å²) in [6.07, 6.45) is 0.899. The Morgan fingerprint density at radius 3 is 3.00 bits per heavy atom. The van der Waals surface area contributed by atoms with Crippen LogP contribution in [0.4, 0.5) is 0 Å². The molecule has 1 aromatic rings. The summed E-state index contributed by atoms with van der Waals surface area (Å²) in [4.78, 5) is 15.7. The molecule has 0 radical (unpaired) electrons. The maximum absolute atomic E-state index is 11.7. The second kappa shape index (κ2) is 5.31. The summed E-state index contributed by atoms with van der Waals surface area (Å²) >= 11 is 3.43. The summed E-state index contributed by atoms with van der Waals surface area (Å²) in [5, 5.41) is 0. The van der Waals surface area contributed by atoms with Gasteiger partial charge in [0.2, 0.25) is 0 Å². The number of esters is 1. The van der Waals surface area contributed by atoms with Crippen LogP contribution in [0.3, 0.4) is 0 Å². The number of halogens is 1. The monoisotopic (exact) mass is 297 g/mol. The van der Waals surface area contributed by atoms with E-state index in [1.54, 1.807) is 6.92 Å². The van der Waals surface area contributed by atoms with E-state index >= 15 is 0 Å². The first-order valence-corrected chi connectivity index (χ1v) is 6.11. The molecule has 0 aromatic heterocycles. The normalized spacial score (nSPS) is 22.2. The molecule has 2 unspecified atom stereocenters. The molecule has 0 amide bonds. The summed E-state index contributed by atoms with van der Waals surface area (Å²) in [6, 6.07) is 6.98. The molecule has 0 bridgehead atoms. The van der Waals surface area contributed by atoms with Crippen molar-refractivity contribution in [1.29, 1.82) is 0 Å². The van der Waals surface area contributed by atoms with Crippen LogP contribution in [0.25, 0.3) is 0 Å². The Morgan fingerprint density at radius 2 is 2.29 bits per heavy atom. The molecule has 2 rings (SSSR count). The number of rotatable bonds is 3. The Hall–Kier alpha value is -1.36. The van der Waals surface area contributed by atoms with Crippen molar-refractivity contribution < 1.29 is 14.3 Å². The first-order chi connectivity index (χ1) is 8.24. The van der Waals surface area contributed by atoms with Crippen LogP contribution in [-0.4, -0.2) is 25.0 Å². The first kappa shape index (κ1) is 12.1. The number of hydrogen-bond donors (Lipinski definition) is 0. The second-order valence-electron chi connectivity index (χ2n) is 3.53. The van der Waals surface area contributed by atoms with Crippen molar-refractivity contribution in [2.75, 3.05) is 6.61 Å². The van der Waals surface area contributed by atoms with Gasteiger partial charge in [0.1, 0.15) is 0 Å². The van der Waals surface area contributed by atoms with E-state index in [0.717, 1.165) is 10.0 Å². The minimum atomic E-state index is -0.617. The van der Waals surface area contributed by atoms with Gasteiger partial charge in [-0.05, 0) is 13.0 Å². The summed E-state index contributed by atoms with van der Waals surface area (Å²) < 4.78 is 11.2. The zero-order valence-electron chi connectivity index (χ0n) is 9.30. The number of nitrogens with zero attached hydrogens (tertiary/aromatic N) is 1. The number of benzene rings is 1. The molecule has 0 fully saturated rings. The zero-order chi connectivity index (χ0) is 12.3. The van der Waals surface area contributed by atoms with Crippen molar-refractivity contribution in [2.45, 2.75) is 19.1 Å². The fourth-order valence-electron chi connectivity index (χ4n) is 1.68. The molecule has 1 heterocycles. The maximum atomic E-state index is 11.7. The molecule has 5 heteroatoms. The van der Waals surface area contributed by atoms with E-state index in [4.69, 9.17) is 9.47 Å². The molecule has 2 atom stereocenters. The second-order valence-corrected chi connectivity index (χ2v) is 4.38. The van der Waals surface area contributed by atoms with Crippen LogP contribution < -0.4 is 0 Å². The third kappa shape index (κ3) is 2.49. The van der Waals surface area contributed by atoms with Crippen LogP contribution in [0.15, 0.2) is 33.7 Å². The van der Waals surface area contributed by atoms with Crippen LogP contribution in [0, 0.1) is 0 Å². The van der Waals surface area contributed by atoms with Crippen LogP contribution in [0.5, 0.6) is 0 Å². The van der Waals surface area contributed by atoms with Gasteiger partial charge >= 0.3 is 5.97 Å². The molecular weight excluding hydrogens is 286 g/mol. The lowest BCUT2D eigenvalue weighted by Crippen LogP contribution is -2.26. The number of carbonyl (C=O) groups excluding carboxylic acids is 1. The minimum absolute atomic E-state index is 0.341. The van der Waals surface area contributed by atoms with E-state index in [-0.39, 0.29) is 5.97 Å². The molecule has 4 nitrogen and oxygen atoms in total. The molecule has 90 valence electrons. The standard InChI is InChI=1S/C12H12BrNO3/c1-2-16-12(15)10-11(17-7-14-10)8-5-3-4-6-9(8)13/h3-7,10-11H,2H2,1H3. The summed E-state index contributed by atoms with van der Waals surface area (Å²) in [7, 11) is 0. The van der Waals surface area contributed by atoms with E-state index in [0.29, 0.717) is 6.61 Å². The van der Waals surface area contributed by atoms with Gasteiger partial charge in [0, 0.05) is 10.0 Å². The Balaban J connectivity index is 2.22. The average molecular weight is 298 g/mol. The zero-order valence-corrected chi connectivity index (χ0v) is 10.9. The van der Waals surface area contributed by atoms with E-state index < -0.39 is 12.1 Å². The maximum Gasteiger partial charge on any atom is 0.335 e. The van der Waals surface area contributed by atoms with Gasteiger partial charge in [-0.1, -0.05) is 34.1 Å². The third-order valence-corrected chi connectivity index (χ3v) is 3.18. The van der Waals surface area contributed by atoms with Crippen molar-refractivity contribution in [2.24, 2.45) is 4.99 Å². The highest BCUT2D eigenvalue weighted by molar-refractivity contribution is 9.10. The molecule has 0 saturated heterocycles. The number of aliphatic imine (C=N–C) groups is 1. The van der Waals surface area contributed by atoms with Crippen molar-refractivity contribution in [3.8, 4) is 0 Å². The largest absolute Gasteiger partial charge is 0.473 e. The summed E-state index contributed by atoms with van der Waals surface area (Å²) in [6.45, 7) is 2.11. The lowest BCUT2D eigenvalue weighted by Gasteiger charge is -2.17. The Morgan fingerprint density at radius 1 is 1.53 bits per heavy atom. The highest BCUT2D eigenvalue weighted by atomic mass is 79.9. The number of hydrogen-bond acceptors (Lipinski definition) is 4. The average Bonchev–Trinajstić information content (AvgIpc) is 2.79. The smallest absolute Gasteiger partial charge is 0.335 e. The van der Waals surface area contributed by atoms with Crippen LogP contribution in [-0.2, 0) is 14.3 Å². The molecule has 1 aliphatic rings. The topological polar surface area (TPSA) is 47.9 Å². The Kier molecular flexibility index (Phi) is 3.78. The molecule has 0 N–H and O–H groups in total. The minimum Gasteiger partial charge on any atom is -0.473 e.